The van der Waals surface area contributed by atoms with Crippen molar-refractivity contribution < 1.29 is 14.1 Å². The van der Waals surface area contributed by atoms with Gasteiger partial charge in [-0.05, 0) is 25.5 Å². The number of nitrogens with one attached hydrogen (secondary N) is 1. The van der Waals surface area contributed by atoms with E-state index >= 15 is 0 Å². The maximum absolute atomic E-state index is 12.3. The first kappa shape index (κ1) is 16.3. The number of likely N-dealkylation sites (tertiary alicyclic amines) is 1. The van der Waals surface area contributed by atoms with E-state index in [1.165, 1.54) is 0 Å². The molecule has 3 aromatic rings. The molecule has 1 aliphatic rings. The molecule has 0 spiro atoms. The van der Waals surface area contributed by atoms with Gasteiger partial charge < -0.3 is 19.1 Å². The van der Waals surface area contributed by atoms with Gasteiger partial charge in [-0.3, -0.25) is 9.59 Å². The highest BCUT2D eigenvalue weighted by Crippen LogP contribution is 2.15. The number of carbonyl (C=O) groups is 2. The van der Waals surface area contributed by atoms with Gasteiger partial charge in [0.2, 0.25) is 5.91 Å². The molecule has 0 aliphatic carbocycles. The normalized spacial score (nSPS) is 14.5. The van der Waals surface area contributed by atoms with Crippen molar-refractivity contribution in [3.05, 3.63) is 53.3 Å². The second-order valence-electron chi connectivity index (χ2n) is 6.61. The van der Waals surface area contributed by atoms with Gasteiger partial charge in [0.25, 0.3) is 5.91 Å². The predicted molar refractivity (Wildman–Crippen MR) is 92.7 cm³/mol. The summed E-state index contributed by atoms with van der Waals surface area (Å²) in [5.74, 6) is 0.342. The van der Waals surface area contributed by atoms with Crippen molar-refractivity contribution in [3.63, 3.8) is 0 Å². The number of fused-ring (bicyclic) bond motifs is 1. The quantitative estimate of drug-likeness (QED) is 0.759. The fourth-order valence-corrected chi connectivity index (χ4v) is 3.14. The van der Waals surface area contributed by atoms with Crippen LogP contribution in [0.3, 0.4) is 0 Å². The van der Waals surface area contributed by atoms with Gasteiger partial charge in [-0.2, -0.15) is 0 Å². The minimum absolute atomic E-state index is 0.0413. The summed E-state index contributed by atoms with van der Waals surface area (Å²) >= 11 is 0. The van der Waals surface area contributed by atoms with Gasteiger partial charge in [0.15, 0.2) is 5.69 Å². The van der Waals surface area contributed by atoms with Crippen molar-refractivity contribution in [2.24, 2.45) is 0 Å². The smallest absolute Gasteiger partial charge is 0.276 e. The van der Waals surface area contributed by atoms with Crippen LogP contribution in [0, 0.1) is 13.8 Å². The molecular weight excluding hydrogens is 334 g/mol. The number of hydrogen-bond donors (Lipinski definition) is 1. The molecule has 3 aromatic heterocycles. The first-order chi connectivity index (χ1) is 12.5. The van der Waals surface area contributed by atoms with Crippen molar-refractivity contribution in [1.82, 2.24) is 24.8 Å². The van der Waals surface area contributed by atoms with Crippen LogP contribution in [0.4, 0.5) is 0 Å². The number of hydrogen-bond acceptors (Lipinski definition) is 5. The molecule has 134 valence electrons. The average molecular weight is 353 g/mol. The van der Waals surface area contributed by atoms with E-state index in [0.29, 0.717) is 24.5 Å². The molecule has 0 bridgehead atoms. The molecule has 8 nitrogen and oxygen atoms in total. The molecule has 2 amide bonds. The fraction of sp³-hybridized carbons (Fsp3) is 0.333. The van der Waals surface area contributed by atoms with Crippen LogP contribution in [0.1, 0.15) is 27.5 Å². The summed E-state index contributed by atoms with van der Waals surface area (Å²) in [5.41, 5.74) is 3.06. The second-order valence-corrected chi connectivity index (χ2v) is 6.61. The number of aryl methyl sites for hydroxylation is 2. The van der Waals surface area contributed by atoms with E-state index in [2.05, 4.69) is 15.5 Å². The van der Waals surface area contributed by atoms with Crippen LogP contribution in [0.5, 0.6) is 0 Å². The molecule has 1 saturated heterocycles. The molecule has 1 fully saturated rings. The Morgan fingerprint density at radius 1 is 1.35 bits per heavy atom. The summed E-state index contributed by atoms with van der Waals surface area (Å²) in [6.45, 7) is 4.68. The van der Waals surface area contributed by atoms with E-state index in [0.717, 1.165) is 16.9 Å². The number of nitrogens with zero attached hydrogens (tertiary/aromatic N) is 4. The Bertz CT molecular complexity index is 984. The summed E-state index contributed by atoms with van der Waals surface area (Å²) < 4.78 is 6.85. The summed E-state index contributed by atoms with van der Waals surface area (Å²) in [7, 11) is 0. The zero-order chi connectivity index (χ0) is 18.3. The van der Waals surface area contributed by atoms with E-state index in [9.17, 15) is 9.59 Å². The lowest BCUT2D eigenvalue weighted by Crippen LogP contribution is -2.61. The highest BCUT2D eigenvalue weighted by atomic mass is 16.5. The maximum atomic E-state index is 12.3. The summed E-state index contributed by atoms with van der Waals surface area (Å²) in [6.07, 6.45) is 3.88. The predicted octanol–water partition coefficient (Wildman–Crippen LogP) is 1.12. The molecule has 1 aliphatic heterocycles. The summed E-state index contributed by atoms with van der Waals surface area (Å²) in [5, 5.41) is 6.68. The van der Waals surface area contributed by atoms with Gasteiger partial charge in [0.1, 0.15) is 11.4 Å². The monoisotopic (exact) mass is 353 g/mol. The topological polar surface area (TPSA) is 92.7 Å². The Morgan fingerprint density at radius 2 is 2.15 bits per heavy atom. The van der Waals surface area contributed by atoms with Gasteiger partial charge in [-0.15, -0.1) is 0 Å². The summed E-state index contributed by atoms with van der Waals surface area (Å²) in [4.78, 5) is 30.5. The van der Waals surface area contributed by atoms with Crippen LogP contribution in [0.15, 0.2) is 35.1 Å². The van der Waals surface area contributed by atoms with Crippen LogP contribution >= 0.6 is 0 Å². The molecule has 4 rings (SSSR count). The van der Waals surface area contributed by atoms with Crippen LogP contribution in [0.2, 0.25) is 0 Å². The summed E-state index contributed by atoms with van der Waals surface area (Å²) in [6, 6.07) is 5.50. The van der Waals surface area contributed by atoms with Crippen molar-refractivity contribution in [3.8, 4) is 0 Å². The molecule has 4 heterocycles. The standard InChI is InChI=1S/C18H19N5O3/c1-11-4-3-5-23-14(8-19-17(11)23)7-16(24)20-13-9-22(10-13)18(25)15-6-12(2)26-21-15/h3-6,8,13H,7,9-10H2,1-2H3,(H,20,24). The van der Waals surface area contributed by atoms with E-state index in [1.54, 1.807) is 24.1 Å². The number of amides is 2. The van der Waals surface area contributed by atoms with Gasteiger partial charge in [-0.1, -0.05) is 11.2 Å². The van der Waals surface area contributed by atoms with Gasteiger partial charge in [-0.25, -0.2) is 4.98 Å². The Labute approximate surface area is 149 Å². The number of imidazole rings is 1. The molecule has 0 saturated carbocycles. The largest absolute Gasteiger partial charge is 0.361 e. The maximum Gasteiger partial charge on any atom is 0.276 e. The number of carbonyl (C=O) groups excluding carboxylic acids is 2. The minimum atomic E-state index is -0.176. The van der Waals surface area contributed by atoms with Crippen LogP contribution < -0.4 is 5.32 Å². The third-order valence-electron chi connectivity index (χ3n) is 4.53. The molecule has 0 radical (unpaired) electrons. The Morgan fingerprint density at radius 3 is 2.88 bits per heavy atom. The number of rotatable bonds is 4. The Balaban J connectivity index is 1.32. The molecule has 0 unspecified atom stereocenters. The van der Waals surface area contributed by atoms with E-state index in [1.807, 2.05) is 29.7 Å². The average Bonchev–Trinajstić information content (AvgIpc) is 3.18. The van der Waals surface area contributed by atoms with Gasteiger partial charge >= 0.3 is 0 Å². The van der Waals surface area contributed by atoms with Crippen molar-refractivity contribution in [2.75, 3.05) is 13.1 Å². The lowest BCUT2D eigenvalue weighted by Gasteiger charge is -2.39. The highest BCUT2D eigenvalue weighted by molar-refractivity contribution is 5.93. The van der Waals surface area contributed by atoms with Gasteiger partial charge in [0.05, 0.1) is 18.2 Å². The second kappa shape index (κ2) is 6.29. The molecular formula is C18H19N5O3. The lowest BCUT2D eigenvalue weighted by atomic mass is 10.1. The van der Waals surface area contributed by atoms with Crippen LogP contribution in [0.25, 0.3) is 5.65 Å². The van der Waals surface area contributed by atoms with Gasteiger partial charge in [0, 0.05) is 31.5 Å². The number of pyridine rings is 1. The third-order valence-corrected chi connectivity index (χ3v) is 4.53. The molecule has 0 atom stereocenters. The van der Waals surface area contributed by atoms with Crippen LogP contribution in [-0.2, 0) is 11.2 Å². The molecule has 8 heteroatoms. The highest BCUT2D eigenvalue weighted by Gasteiger charge is 2.33. The Kier molecular flexibility index (Phi) is 3.95. The van der Waals surface area contributed by atoms with Crippen molar-refractivity contribution in [2.45, 2.75) is 26.3 Å². The lowest BCUT2D eigenvalue weighted by molar-refractivity contribution is -0.122. The fourth-order valence-electron chi connectivity index (χ4n) is 3.14. The zero-order valence-corrected chi connectivity index (χ0v) is 14.6. The molecule has 1 N–H and O–H groups in total. The van der Waals surface area contributed by atoms with E-state index < -0.39 is 0 Å². The first-order valence-corrected chi connectivity index (χ1v) is 8.45. The molecule has 0 aromatic carbocycles. The first-order valence-electron chi connectivity index (χ1n) is 8.45. The third kappa shape index (κ3) is 2.94. The van der Waals surface area contributed by atoms with Crippen molar-refractivity contribution >= 4 is 17.5 Å². The Hall–Kier alpha value is -3.16. The van der Waals surface area contributed by atoms with E-state index in [-0.39, 0.29) is 24.3 Å². The number of aromatic nitrogens is 3. The van der Waals surface area contributed by atoms with Crippen LogP contribution in [-0.4, -0.2) is 50.4 Å². The van der Waals surface area contributed by atoms with E-state index in [4.69, 9.17) is 4.52 Å². The SMILES string of the molecule is Cc1cc(C(=O)N2CC(NC(=O)Cc3cnc4c(C)cccn34)C2)no1. The van der Waals surface area contributed by atoms with Crippen molar-refractivity contribution in [1.29, 1.82) is 0 Å². The minimum Gasteiger partial charge on any atom is -0.361 e. The zero-order valence-electron chi connectivity index (χ0n) is 14.6. The molecule has 26 heavy (non-hydrogen) atoms.